The van der Waals surface area contributed by atoms with E-state index in [0.29, 0.717) is 0 Å². The van der Waals surface area contributed by atoms with Crippen LogP contribution in [0.3, 0.4) is 0 Å². The van der Waals surface area contributed by atoms with Gasteiger partial charge in [0.1, 0.15) is 11.8 Å². The van der Waals surface area contributed by atoms with Gasteiger partial charge in [-0.05, 0) is 17.7 Å². The van der Waals surface area contributed by atoms with E-state index in [0.717, 1.165) is 0 Å². The fourth-order valence-electron chi connectivity index (χ4n) is 1.13. The number of hydrogen-bond donors (Lipinski definition) is 3. The van der Waals surface area contributed by atoms with Gasteiger partial charge in [-0.3, -0.25) is 4.79 Å². The van der Waals surface area contributed by atoms with Crippen molar-refractivity contribution in [2.75, 3.05) is 0 Å². The summed E-state index contributed by atoms with van der Waals surface area (Å²) < 4.78 is 12.5. The minimum absolute atomic E-state index is 0.0792. The Morgan fingerprint density at radius 2 is 2.20 bits per heavy atom. The Balaban J connectivity index is 3.09. The zero-order valence-corrected chi connectivity index (χ0v) is 7.72. The summed E-state index contributed by atoms with van der Waals surface area (Å²) in [5.74, 6) is -1.41. The van der Waals surface area contributed by atoms with Gasteiger partial charge in [0, 0.05) is 5.57 Å². The average molecular weight is 211 g/mol. The summed E-state index contributed by atoms with van der Waals surface area (Å²) >= 11 is 0. The number of phenols is 1. The van der Waals surface area contributed by atoms with Crippen molar-refractivity contribution in [3.05, 3.63) is 36.2 Å². The number of benzene rings is 1. The number of carbonyl (C=O) groups is 1. The van der Waals surface area contributed by atoms with Gasteiger partial charge >= 0.3 is 5.97 Å². The largest absolute Gasteiger partial charge is 0.508 e. The third-order valence-corrected chi connectivity index (χ3v) is 1.90. The summed E-state index contributed by atoms with van der Waals surface area (Å²) in [4.78, 5) is 10.6. The van der Waals surface area contributed by atoms with Crippen molar-refractivity contribution in [1.82, 2.24) is 0 Å². The molecule has 0 bridgehead atoms. The van der Waals surface area contributed by atoms with Crippen LogP contribution in [-0.4, -0.2) is 22.2 Å². The molecule has 0 unspecified atom stereocenters. The van der Waals surface area contributed by atoms with Gasteiger partial charge in [-0.1, -0.05) is 12.1 Å². The molecule has 0 aliphatic rings. The zero-order valence-electron chi connectivity index (χ0n) is 7.72. The quantitative estimate of drug-likeness (QED) is 0.699. The molecule has 15 heavy (non-hydrogen) atoms. The van der Waals surface area contributed by atoms with E-state index in [1.807, 2.05) is 0 Å². The van der Waals surface area contributed by atoms with E-state index in [-0.39, 0.29) is 23.2 Å². The van der Waals surface area contributed by atoms with Gasteiger partial charge < -0.3 is 15.9 Å². The van der Waals surface area contributed by atoms with Gasteiger partial charge in [-0.25, -0.2) is 4.39 Å². The molecule has 0 aliphatic carbocycles. The number of halogens is 1. The van der Waals surface area contributed by atoms with Gasteiger partial charge in [0.25, 0.3) is 0 Å². The summed E-state index contributed by atoms with van der Waals surface area (Å²) in [5, 5.41) is 17.8. The van der Waals surface area contributed by atoms with Crippen LogP contribution in [0.2, 0.25) is 0 Å². The molecular formula is C10H10FNO3. The Morgan fingerprint density at radius 3 is 2.67 bits per heavy atom. The molecule has 4 N–H and O–H groups in total. The van der Waals surface area contributed by atoms with E-state index >= 15 is 0 Å². The van der Waals surface area contributed by atoms with Crippen molar-refractivity contribution < 1.29 is 19.4 Å². The SMILES string of the molecule is N[C@H](C(=O)O)/C(=C/F)c1cccc(O)c1. The van der Waals surface area contributed by atoms with Crippen LogP contribution in [0.4, 0.5) is 4.39 Å². The third-order valence-electron chi connectivity index (χ3n) is 1.90. The number of nitrogens with two attached hydrogens (primary N) is 1. The number of hydrogen-bond acceptors (Lipinski definition) is 3. The van der Waals surface area contributed by atoms with Gasteiger partial charge in [0.15, 0.2) is 0 Å². The fraction of sp³-hybridized carbons (Fsp3) is 0.100. The molecule has 1 rings (SSSR count). The highest BCUT2D eigenvalue weighted by Crippen LogP contribution is 2.21. The maximum absolute atomic E-state index is 12.5. The Morgan fingerprint density at radius 1 is 1.53 bits per heavy atom. The minimum Gasteiger partial charge on any atom is -0.508 e. The summed E-state index contributed by atoms with van der Waals surface area (Å²) in [6, 6.07) is 4.13. The van der Waals surface area contributed by atoms with Crippen molar-refractivity contribution in [1.29, 1.82) is 0 Å². The van der Waals surface area contributed by atoms with Gasteiger partial charge in [-0.15, -0.1) is 0 Å². The van der Waals surface area contributed by atoms with Crippen molar-refractivity contribution in [3.63, 3.8) is 0 Å². The number of carboxylic acids is 1. The second kappa shape index (κ2) is 4.56. The van der Waals surface area contributed by atoms with E-state index in [4.69, 9.17) is 15.9 Å². The first kappa shape index (κ1) is 11.2. The zero-order chi connectivity index (χ0) is 11.4. The highest BCUT2D eigenvalue weighted by atomic mass is 19.1. The van der Waals surface area contributed by atoms with E-state index in [1.54, 1.807) is 0 Å². The molecule has 1 atom stereocenters. The molecule has 0 saturated heterocycles. The molecule has 0 aliphatic heterocycles. The number of aromatic hydroxyl groups is 1. The first-order valence-electron chi connectivity index (χ1n) is 4.14. The molecular weight excluding hydrogens is 201 g/mol. The van der Waals surface area contributed by atoms with Crippen LogP contribution < -0.4 is 5.73 Å². The van der Waals surface area contributed by atoms with Crippen LogP contribution in [0.25, 0.3) is 5.57 Å². The fourth-order valence-corrected chi connectivity index (χ4v) is 1.13. The second-order valence-electron chi connectivity index (χ2n) is 2.93. The summed E-state index contributed by atoms with van der Waals surface area (Å²) in [7, 11) is 0. The predicted octanol–water partition coefficient (Wildman–Crippen LogP) is 1.11. The number of carboxylic acid groups (broad SMARTS) is 1. The molecule has 0 amide bonds. The second-order valence-corrected chi connectivity index (χ2v) is 2.93. The number of aliphatic carboxylic acids is 1. The topological polar surface area (TPSA) is 83.6 Å². The molecule has 0 radical (unpaired) electrons. The van der Waals surface area contributed by atoms with Crippen LogP contribution in [0, 0.1) is 0 Å². The Labute approximate surface area is 85.5 Å². The van der Waals surface area contributed by atoms with Crippen LogP contribution in [0.1, 0.15) is 5.56 Å². The molecule has 80 valence electrons. The van der Waals surface area contributed by atoms with Crippen LogP contribution in [0.15, 0.2) is 30.6 Å². The van der Waals surface area contributed by atoms with Crippen LogP contribution in [-0.2, 0) is 4.79 Å². The molecule has 0 heterocycles. The molecule has 0 fully saturated rings. The monoisotopic (exact) mass is 211 g/mol. The molecule has 4 nitrogen and oxygen atoms in total. The number of phenolic OH excluding ortho intramolecular Hbond substituents is 1. The number of rotatable bonds is 3. The summed E-state index contributed by atoms with van der Waals surface area (Å²) in [6.07, 6.45) is 0.132. The summed E-state index contributed by atoms with van der Waals surface area (Å²) in [6.45, 7) is 0. The van der Waals surface area contributed by atoms with Crippen molar-refractivity contribution in [2.24, 2.45) is 5.73 Å². The molecule has 1 aromatic rings. The smallest absolute Gasteiger partial charge is 0.325 e. The maximum Gasteiger partial charge on any atom is 0.325 e. The standard InChI is InChI=1S/C10H10FNO3/c11-5-8(9(12)10(14)15)6-2-1-3-7(13)4-6/h1-5,9,13H,12H2,(H,14,15)/b8-5+/t9-/m0/s1. The highest BCUT2D eigenvalue weighted by Gasteiger charge is 2.19. The predicted molar refractivity (Wildman–Crippen MR) is 52.8 cm³/mol. The first-order chi connectivity index (χ1) is 7.06. The Bertz CT molecular complexity index is 403. The van der Waals surface area contributed by atoms with Crippen LogP contribution in [0.5, 0.6) is 5.75 Å². The normalized spacial score (nSPS) is 13.6. The maximum atomic E-state index is 12.5. The highest BCUT2D eigenvalue weighted by molar-refractivity contribution is 5.90. The third kappa shape index (κ3) is 2.54. The lowest BCUT2D eigenvalue weighted by molar-refractivity contribution is -0.137. The lowest BCUT2D eigenvalue weighted by Crippen LogP contribution is -2.31. The van der Waals surface area contributed by atoms with Gasteiger partial charge in [0.2, 0.25) is 0 Å². The lowest BCUT2D eigenvalue weighted by Gasteiger charge is -2.10. The van der Waals surface area contributed by atoms with E-state index < -0.39 is 12.0 Å². The molecule has 0 aromatic heterocycles. The summed E-state index contributed by atoms with van der Waals surface area (Å²) in [5.41, 5.74) is 5.32. The molecule has 5 heteroatoms. The molecule has 0 spiro atoms. The Hall–Kier alpha value is -1.88. The van der Waals surface area contributed by atoms with Crippen LogP contribution >= 0.6 is 0 Å². The van der Waals surface area contributed by atoms with Crippen molar-refractivity contribution >= 4 is 11.5 Å². The minimum atomic E-state index is -1.45. The van der Waals surface area contributed by atoms with Crippen molar-refractivity contribution in [2.45, 2.75) is 6.04 Å². The first-order valence-corrected chi connectivity index (χ1v) is 4.14. The molecule has 1 aromatic carbocycles. The Kier molecular flexibility index (Phi) is 3.41. The van der Waals surface area contributed by atoms with Crippen molar-refractivity contribution in [3.8, 4) is 5.75 Å². The molecule has 0 saturated carbocycles. The van der Waals surface area contributed by atoms with Gasteiger partial charge in [-0.2, -0.15) is 0 Å². The lowest BCUT2D eigenvalue weighted by atomic mass is 10.0. The van der Waals surface area contributed by atoms with E-state index in [9.17, 15) is 9.18 Å². The van der Waals surface area contributed by atoms with Gasteiger partial charge in [0.05, 0.1) is 6.33 Å². The van der Waals surface area contributed by atoms with E-state index in [2.05, 4.69) is 0 Å². The average Bonchev–Trinajstić information content (AvgIpc) is 2.18. The van der Waals surface area contributed by atoms with E-state index in [1.165, 1.54) is 24.3 Å².